The Kier molecular flexibility index (Phi) is 5.67. The molecule has 3 N–H and O–H groups in total. The van der Waals surface area contributed by atoms with E-state index >= 15 is 0 Å². The summed E-state index contributed by atoms with van der Waals surface area (Å²) in [6.07, 6.45) is 0.903. The lowest BCUT2D eigenvalue weighted by molar-refractivity contribution is -0.121. The maximum atomic E-state index is 12.1. The van der Waals surface area contributed by atoms with Gasteiger partial charge in [0.1, 0.15) is 0 Å². The van der Waals surface area contributed by atoms with Crippen LogP contribution < -0.4 is 5.32 Å². The smallest absolute Gasteiger partial charge is 0.225 e. The lowest BCUT2D eigenvalue weighted by Gasteiger charge is -2.16. The van der Waals surface area contributed by atoms with Crippen LogP contribution >= 0.6 is 23.6 Å². The molecular weight excluding hydrogens is 304 g/mol. The number of aromatic nitrogens is 1. The van der Waals surface area contributed by atoms with Crippen LogP contribution in [0.25, 0.3) is 0 Å². The molecule has 0 bridgehead atoms. The molecule has 2 rings (SSSR count). The highest BCUT2D eigenvalue weighted by Crippen LogP contribution is 2.15. The summed E-state index contributed by atoms with van der Waals surface area (Å²) in [5.74, 6) is -0.0988. The van der Waals surface area contributed by atoms with Crippen LogP contribution in [-0.4, -0.2) is 28.6 Å². The first-order chi connectivity index (χ1) is 10.1. The Morgan fingerprint density at radius 2 is 2.14 bits per heavy atom. The molecule has 6 heteroatoms. The Hall–Kier alpha value is -1.50. The van der Waals surface area contributed by atoms with Crippen molar-refractivity contribution < 1.29 is 9.90 Å². The van der Waals surface area contributed by atoms with E-state index in [-0.39, 0.29) is 25.0 Å². The van der Waals surface area contributed by atoms with E-state index in [1.54, 1.807) is 0 Å². The number of hydrogen-bond acceptors (Lipinski definition) is 4. The lowest BCUT2D eigenvalue weighted by atomic mass is 10.1. The molecule has 0 radical (unpaired) electrons. The molecule has 0 aliphatic rings. The highest BCUT2D eigenvalue weighted by molar-refractivity contribution is 7.73. The summed E-state index contributed by atoms with van der Waals surface area (Å²) in [6.45, 7) is 1.82. The minimum absolute atomic E-state index is 0.0809. The molecule has 1 aromatic carbocycles. The van der Waals surface area contributed by atoms with Gasteiger partial charge in [-0.2, -0.15) is 0 Å². The first-order valence-electron chi connectivity index (χ1n) is 6.71. The molecule has 1 heterocycles. The summed E-state index contributed by atoms with van der Waals surface area (Å²) in [5.41, 5.74) is 2.02. The zero-order valence-electron chi connectivity index (χ0n) is 11.8. The van der Waals surface area contributed by atoms with Gasteiger partial charge in [-0.25, -0.2) is 0 Å². The Bertz CT molecular complexity index is 649. The molecule has 1 aromatic heterocycles. The number of aryl methyl sites for hydroxylation is 1. The summed E-state index contributed by atoms with van der Waals surface area (Å²) in [7, 11) is 0. The van der Waals surface area contributed by atoms with Gasteiger partial charge in [0.05, 0.1) is 19.1 Å². The van der Waals surface area contributed by atoms with Gasteiger partial charge in [-0.15, -0.1) is 11.3 Å². The molecule has 112 valence electrons. The first kappa shape index (κ1) is 15.9. The van der Waals surface area contributed by atoms with E-state index in [1.807, 2.05) is 37.3 Å². The Balaban J connectivity index is 1.93. The molecule has 0 spiro atoms. The fraction of sp³-hybridized carbons (Fsp3) is 0.333. The first-order valence-corrected chi connectivity index (χ1v) is 7.93. The summed E-state index contributed by atoms with van der Waals surface area (Å²) in [6, 6.07) is 9.53. The number of aromatic amines is 1. The van der Waals surface area contributed by atoms with Gasteiger partial charge in [0.2, 0.25) is 5.91 Å². The SMILES string of the molecule is Cc1[nH]c(=S)sc1CC(=O)NC(CO)Cc1ccccc1. The predicted molar refractivity (Wildman–Crippen MR) is 87.1 cm³/mol. The van der Waals surface area contributed by atoms with Crippen molar-refractivity contribution >= 4 is 29.5 Å². The van der Waals surface area contributed by atoms with Crippen molar-refractivity contribution in [3.05, 3.63) is 50.4 Å². The Morgan fingerprint density at radius 3 is 2.71 bits per heavy atom. The van der Waals surface area contributed by atoms with E-state index in [1.165, 1.54) is 11.3 Å². The standard InChI is InChI=1S/C15H18N2O2S2/c1-10-13(21-15(20)16-10)8-14(19)17-12(9-18)7-11-5-3-2-4-6-11/h2-6,12,18H,7-9H2,1H3,(H,16,20)(H,17,19). The van der Waals surface area contributed by atoms with Gasteiger partial charge < -0.3 is 15.4 Å². The topological polar surface area (TPSA) is 65.1 Å². The quantitative estimate of drug-likeness (QED) is 0.716. The maximum Gasteiger partial charge on any atom is 0.225 e. The third-order valence-corrected chi connectivity index (χ3v) is 4.49. The lowest BCUT2D eigenvalue weighted by Crippen LogP contribution is -2.39. The zero-order valence-corrected chi connectivity index (χ0v) is 13.4. The molecule has 0 aliphatic heterocycles. The van der Waals surface area contributed by atoms with Gasteiger partial charge in [-0.1, -0.05) is 30.3 Å². The number of aliphatic hydroxyl groups excluding tert-OH is 1. The minimum atomic E-state index is -0.271. The van der Waals surface area contributed by atoms with Crippen molar-refractivity contribution in [2.45, 2.75) is 25.8 Å². The molecule has 0 saturated heterocycles. The number of amides is 1. The Labute approximate surface area is 132 Å². The summed E-state index contributed by atoms with van der Waals surface area (Å²) in [4.78, 5) is 16.0. The highest BCUT2D eigenvalue weighted by atomic mass is 32.1. The summed E-state index contributed by atoms with van der Waals surface area (Å²) < 4.78 is 0.679. The number of rotatable bonds is 6. The number of thiazole rings is 1. The summed E-state index contributed by atoms with van der Waals surface area (Å²) >= 11 is 6.48. The molecule has 1 amide bonds. The van der Waals surface area contributed by atoms with E-state index in [9.17, 15) is 9.90 Å². The number of nitrogens with one attached hydrogen (secondary N) is 2. The van der Waals surface area contributed by atoms with Gasteiger partial charge in [-0.3, -0.25) is 4.79 Å². The van der Waals surface area contributed by atoms with Crippen LogP contribution in [-0.2, 0) is 17.6 Å². The summed E-state index contributed by atoms with van der Waals surface area (Å²) in [5, 5.41) is 12.3. The predicted octanol–water partition coefficient (Wildman–Crippen LogP) is 2.38. The normalized spacial score (nSPS) is 12.1. The second-order valence-electron chi connectivity index (χ2n) is 4.88. The van der Waals surface area contributed by atoms with E-state index in [0.29, 0.717) is 10.4 Å². The molecule has 1 unspecified atom stereocenters. The number of hydrogen-bond donors (Lipinski definition) is 3. The van der Waals surface area contributed by atoms with Crippen LogP contribution in [0, 0.1) is 10.9 Å². The van der Waals surface area contributed by atoms with Crippen molar-refractivity contribution in [2.75, 3.05) is 6.61 Å². The zero-order chi connectivity index (χ0) is 15.2. The number of H-pyrrole nitrogens is 1. The largest absolute Gasteiger partial charge is 0.394 e. The maximum absolute atomic E-state index is 12.1. The number of carbonyl (C=O) groups is 1. The van der Waals surface area contributed by atoms with E-state index in [2.05, 4.69) is 10.3 Å². The van der Waals surface area contributed by atoms with Crippen molar-refractivity contribution in [2.24, 2.45) is 0 Å². The van der Waals surface area contributed by atoms with Crippen LogP contribution in [0.2, 0.25) is 0 Å². The van der Waals surface area contributed by atoms with Gasteiger partial charge >= 0.3 is 0 Å². The fourth-order valence-corrected chi connectivity index (χ4v) is 3.38. The molecule has 0 aliphatic carbocycles. The molecule has 0 saturated carbocycles. The average Bonchev–Trinajstić information content (AvgIpc) is 2.77. The molecule has 21 heavy (non-hydrogen) atoms. The number of benzene rings is 1. The van der Waals surface area contributed by atoms with Crippen LogP contribution in [0.1, 0.15) is 16.1 Å². The number of carbonyl (C=O) groups excluding carboxylic acids is 1. The third-order valence-electron chi connectivity index (χ3n) is 3.16. The minimum Gasteiger partial charge on any atom is -0.394 e. The fourth-order valence-electron chi connectivity index (χ4n) is 2.09. The highest BCUT2D eigenvalue weighted by Gasteiger charge is 2.14. The van der Waals surface area contributed by atoms with E-state index in [4.69, 9.17) is 12.2 Å². The molecular formula is C15H18N2O2S2. The van der Waals surface area contributed by atoms with E-state index < -0.39 is 0 Å². The Morgan fingerprint density at radius 1 is 1.43 bits per heavy atom. The molecule has 0 fully saturated rings. The van der Waals surface area contributed by atoms with Crippen LogP contribution in [0.3, 0.4) is 0 Å². The van der Waals surface area contributed by atoms with Crippen molar-refractivity contribution in [3.8, 4) is 0 Å². The van der Waals surface area contributed by atoms with Crippen LogP contribution in [0.5, 0.6) is 0 Å². The molecule has 2 aromatic rings. The van der Waals surface area contributed by atoms with Gasteiger partial charge in [0.25, 0.3) is 0 Å². The van der Waals surface area contributed by atoms with Gasteiger partial charge in [-0.05, 0) is 31.1 Å². The molecule has 1 atom stereocenters. The van der Waals surface area contributed by atoms with Crippen molar-refractivity contribution in [1.29, 1.82) is 0 Å². The second kappa shape index (κ2) is 7.49. The third kappa shape index (κ3) is 4.77. The number of aliphatic hydroxyl groups is 1. The van der Waals surface area contributed by atoms with E-state index in [0.717, 1.165) is 16.1 Å². The molecule has 4 nitrogen and oxygen atoms in total. The van der Waals surface area contributed by atoms with Crippen LogP contribution in [0.4, 0.5) is 0 Å². The average molecular weight is 322 g/mol. The van der Waals surface area contributed by atoms with Gasteiger partial charge in [0, 0.05) is 10.6 Å². The van der Waals surface area contributed by atoms with Crippen molar-refractivity contribution in [3.63, 3.8) is 0 Å². The van der Waals surface area contributed by atoms with Crippen LogP contribution in [0.15, 0.2) is 30.3 Å². The van der Waals surface area contributed by atoms with Gasteiger partial charge in [0.15, 0.2) is 3.95 Å². The van der Waals surface area contributed by atoms with Crippen molar-refractivity contribution in [1.82, 2.24) is 10.3 Å². The monoisotopic (exact) mass is 322 g/mol. The second-order valence-corrected chi connectivity index (χ2v) is 6.65.